The number of nitrogens with zero attached hydrogens (tertiary/aromatic N) is 6. The number of aliphatic hydroxyl groups is 2. The number of hydrogen-bond acceptors (Lipinski definition) is 8. The molecule has 0 radical (unpaired) electrons. The molecule has 0 aliphatic carbocycles. The predicted octanol–water partition coefficient (Wildman–Crippen LogP) is -0.334. The summed E-state index contributed by atoms with van der Waals surface area (Å²) < 4.78 is 2.90. The fourth-order valence-electron chi connectivity index (χ4n) is 2.08. The van der Waals surface area contributed by atoms with Crippen molar-refractivity contribution in [3.63, 3.8) is 0 Å². The Kier molecular flexibility index (Phi) is 8.04. The van der Waals surface area contributed by atoms with Crippen LogP contribution < -0.4 is 5.32 Å². The molecule has 11 heteroatoms. The van der Waals surface area contributed by atoms with Crippen molar-refractivity contribution in [1.82, 2.24) is 34.8 Å². The average molecular weight is 383 g/mol. The van der Waals surface area contributed by atoms with Crippen LogP contribution in [0.2, 0.25) is 0 Å². The van der Waals surface area contributed by atoms with Crippen LogP contribution in [-0.4, -0.2) is 91.8 Å². The van der Waals surface area contributed by atoms with Crippen LogP contribution in [0.3, 0.4) is 0 Å². The molecule has 0 unspecified atom stereocenters. The fraction of sp³-hybridized carbons (Fsp3) is 0.600. The molecule has 0 atom stereocenters. The Morgan fingerprint density at radius 3 is 2.85 bits per heavy atom. The highest BCUT2D eigenvalue weighted by Gasteiger charge is 2.14. The van der Waals surface area contributed by atoms with Crippen molar-refractivity contribution in [2.24, 2.45) is 5.92 Å². The molecule has 2 aromatic heterocycles. The van der Waals surface area contributed by atoms with E-state index in [1.54, 1.807) is 28.7 Å². The first-order chi connectivity index (χ1) is 12.5. The van der Waals surface area contributed by atoms with E-state index >= 15 is 0 Å². The maximum atomic E-state index is 12.1. The molecular weight excluding hydrogens is 358 g/mol. The summed E-state index contributed by atoms with van der Waals surface area (Å²) in [7, 11) is 4.07. The summed E-state index contributed by atoms with van der Waals surface area (Å²) in [6, 6.07) is 1.26. The van der Waals surface area contributed by atoms with E-state index in [0.29, 0.717) is 5.82 Å². The quantitative estimate of drug-likeness (QED) is 0.377. The predicted molar refractivity (Wildman–Crippen MR) is 97.5 cm³/mol. The molecule has 144 valence electrons. The molecule has 1 amide bonds. The van der Waals surface area contributed by atoms with Gasteiger partial charge in [-0.1, -0.05) is 11.8 Å². The van der Waals surface area contributed by atoms with Crippen molar-refractivity contribution in [2.75, 3.05) is 46.2 Å². The summed E-state index contributed by atoms with van der Waals surface area (Å²) in [4.78, 5) is 14.2. The van der Waals surface area contributed by atoms with Crippen molar-refractivity contribution < 1.29 is 15.0 Å². The molecule has 2 rings (SSSR count). The second-order valence-electron chi connectivity index (χ2n) is 6.02. The van der Waals surface area contributed by atoms with E-state index in [1.807, 2.05) is 14.1 Å². The molecule has 2 aromatic rings. The molecular formula is C15H25N7O3S. The van der Waals surface area contributed by atoms with Gasteiger partial charge in [-0.05, 0) is 27.1 Å². The minimum absolute atomic E-state index is 0.167. The molecule has 0 spiro atoms. The maximum Gasteiger partial charge on any atom is 0.342 e. The van der Waals surface area contributed by atoms with Crippen molar-refractivity contribution in [2.45, 2.75) is 11.6 Å². The van der Waals surface area contributed by atoms with Crippen LogP contribution in [-0.2, 0) is 0 Å². The van der Waals surface area contributed by atoms with Gasteiger partial charge < -0.3 is 20.4 Å². The smallest absolute Gasteiger partial charge is 0.342 e. The zero-order valence-corrected chi connectivity index (χ0v) is 15.8. The molecule has 3 N–H and O–H groups in total. The highest BCUT2D eigenvalue weighted by molar-refractivity contribution is 7.99. The SMILES string of the molecule is CN(C)CCCSc1nncn1-c1ccn(C(=O)NCC(CO)CO)n1. The molecule has 10 nitrogen and oxygen atoms in total. The molecule has 0 saturated carbocycles. The van der Waals surface area contributed by atoms with Gasteiger partial charge in [-0.15, -0.1) is 15.3 Å². The van der Waals surface area contributed by atoms with Gasteiger partial charge in [-0.25, -0.2) is 4.79 Å². The van der Waals surface area contributed by atoms with Crippen molar-refractivity contribution in [1.29, 1.82) is 0 Å². The van der Waals surface area contributed by atoms with Crippen molar-refractivity contribution >= 4 is 17.8 Å². The van der Waals surface area contributed by atoms with E-state index in [4.69, 9.17) is 10.2 Å². The molecule has 0 aliphatic heterocycles. The monoisotopic (exact) mass is 383 g/mol. The summed E-state index contributed by atoms with van der Waals surface area (Å²) in [6.45, 7) is 0.770. The van der Waals surface area contributed by atoms with Gasteiger partial charge in [0.05, 0.1) is 0 Å². The van der Waals surface area contributed by atoms with Gasteiger partial charge in [0.1, 0.15) is 6.33 Å². The number of amides is 1. The normalized spacial score (nSPS) is 11.5. The van der Waals surface area contributed by atoms with Gasteiger partial charge >= 0.3 is 6.03 Å². The van der Waals surface area contributed by atoms with E-state index in [-0.39, 0.29) is 19.8 Å². The topological polar surface area (TPSA) is 121 Å². The van der Waals surface area contributed by atoms with Gasteiger partial charge in [0, 0.05) is 43.7 Å². The van der Waals surface area contributed by atoms with Crippen LogP contribution in [0.25, 0.3) is 5.82 Å². The zero-order chi connectivity index (χ0) is 18.9. The number of carbonyl (C=O) groups is 1. The molecule has 0 aliphatic rings. The lowest BCUT2D eigenvalue weighted by atomic mass is 10.2. The van der Waals surface area contributed by atoms with E-state index in [1.165, 1.54) is 10.9 Å². The summed E-state index contributed by atoms with van der Waals surface area (Å²) in [6.07, 6.45) is 4.13. The summed E-state index contributed by atoms with van der Waals surface area (Å²) in [5, 5.41) is 33.7. The second-order valence-corrected chi connectivity index (χ2v) is 7.09. The van der Waals surface area contributed by atoms with Gasteiger partial charge in [0.25, 0.3) is 0 Å². The number of nitrogens with one attached hydrogen (secondary N) is 1. The van der Waals surface area contributed by atoms with Gasteiger partial charge in [0.15, 0.2) is 11.0 Å². The first-order valence-electron chi connectivity index (χ1n) is 8.28. The average Bonchev–Trinajstić information content (AvgIpc) is 3.28. The summed E-state index contributed by atoms with van der Waals surface area (Å²) in [5.41, 5.74) is 0. The molecule has 0 saturated heterocycles. The lowest BCUT2D eigenvalue weighted by Gasteiger charge is -2.11. The van der Waals surface area contributed by atoms with E-state index in [0.717, 1.165) is 23.9 Å². The Hall–Kier alpha value is -1.95. The van der Waals surface area contributed by atoms with E-state index in [2.05, 4.69) is 25.5 Å². The maximum absolute atomic E-state index is 12.1. The second kappa shape index (κ2) is 10.3. The number of thioether (sulfide) groups is 1. The standard InChI is InChI=1S/C15H25N7O3S/c1-20(2)5-3-7-26-15-18-17-11-21(15)13-4-6-22(19-13)14(25)16-8-12(9-23)10-24/h4,6,11-12,23-24H,3,5,7-10H2,1-2H3,(H,16,25). The Morgan fingerprint density at radius 1 is 1.38 bits per heavy atom. The number of hydrogen-bond donors (Lipinski definition) is 3. The largest absolute Gasteiger partial charge is 0.396 e. The molecule has 0 bridgehead atoms. The Labute approximate surface area is 156 Å². The van der Waals surface area contributed by atoms with Crippen LogP contribution in [0.4, 0.5) is 4.79 Å². The Morgan fingerprint density at radius 2 is 2.15 bits per heavy atom. The van der Waals surface area contributed by atoms with E-state index < -0.39 is 11.9 Å². The van der Waals surface area contributed by atoms with Crippen LogP contribution >= 0.6 is 11.8 Å². The third kappa shape index (κ3) is 5.80. The lowest BCUT2D eigenvalue weighted by Crippen LogP contribution is -2.35. The van der Waals surface area contributed by atoms with Crippen LogP contribution in [0, 0.1) is 5.92 Å². The minimum atomic E-state index is -0.434. The van der Waals surface area contributed by atoms with Gasteiger partial charge in [-0.2, -0.15) is 4.68 Å². The third-order valence-electron chi connectivity index (χ3n) is 3.59. The first kappa shape index (κ1) is 20.4. The van der Waals surface area contributed by atoms with Crippen molar-refractivity contribution in [3.8, 4) is 5.82 Å². The summed E-state index contributed by atoms with van der Waals surface area (Å²) >= 11 is 1.59. The Bertz CT molecular complexity index is 684. The fourth-order valence-corrected chi connectivity index (χ4v) is 2.92. The van der Waals surface area contributed by atoms with Gasteiger partial charge in [0.2, 0.25) is 0 Å². The van der Waals surface area contributed by atoms with E-state index in [9.17, 15) is 4.79 Å². The molecule has 0 fully saturated rings. The number of carbonyl (C=O) groups excluding carboxylic acids is 1. The molecule has 26 heavy (non-hydrogen) atoms. The third-order valence-corrected chi connectivity index (χ3v) is 4.61. The lowest BCUT2D eigenvalue weighted by molar-refractivity contribution is 0.149. The van der Waals surface area contributed by atoms with Crippen LogP contribution in [0.15, 0.2) is 23.7 Å². The highest BCUT2D eigenvalue weighted by atomic mass is 32.2. The zero-order valence-electron chi connectivity index (χ0n) is 14.9. The number of aliphatic hydroxyl groups excluding tert-OH is 2. The van der Waals surface area contributed by atoms with Crippen molar-refractivity contribution in [3.05, 3.63) is 18.6 Å². The minimum Gasteiger partial charge on any atom is -0.396 e. The molecule has 0 aromatic carbocycles. The highest BCUT2D eigenvalue weighted by Crippen LogP contribution is 2.19. The number of aromatic nitrogens is 5. The Balaban J connectivity index is 1.95. The van der Waals surface area contributed by atoms with Crippen LogP contribution in [0.5, 0.6) is 0 Å². The molecule has 2 heterocycles. The number of rotatable bonds is 10. The summed E-state index contributed by atoms with van der Waals surface area (Å²) in [5.74, 6) is 1.06. The van der Waals surface area contributed by atoms with Crippen LogP contribution in [0.1, 0.15) is 6.42 Å². The van der Waals surface area contributed by atoms with Gasteiger partial charge in [-0.3, -0.25) is 4.57 Å². The first-order valence-corrected chi connectivity index (χ1v) is 9.27.